The molecule has 1 unspecified atom stereocenters. The molecule has 0 fully saturated rings. The van der Waals surface area contributed by atoms with Crippen LogP contribution in [0.4, 0.5) is 10.2 Å². The molecule has 78 valence electrons. The number of nitrogens with zero attached hydrogens (tertiary/aromatic N) is 1. The van der Waals surface area contributed by atoms with E-state index in [1.165, 1.54) is 12.3 Å². The van der Waals surface area contributed by atoms with Crippen molar-refractivity contribution in [2.45, 2.75) is 6.10 Å². The Kier molecular flexibility index (Phi) is 4.24. The molecule has 1 heterocycles. The Morgan fingerprint density at radius 3 is 2.93 bits per heavy atom. The minimum atomic E-state index is -0.917. The monoisotopic (exact) mass is 264 g/mol. The van der Waals surface area contributed by atoms with Crippen LogP contribution in [0.2, 0.25) is 0 Å². The van der Waals surface area contributed by atoms with Crippen molar-refractivity contribution in [3.63, 3.8) is 0 Å². The maximum Gasteiger partial charge on any atom is 0.166 e. The Bertz CT molecular complexity index is 311. The molecule has 1 aromatic heterocycles. The van der Waals surface area contributed by atoms with E-state index >= 15 is 0 Å². The van der Waals surface area contributed by atoms with Gasteiger partial charge in [0, 0.05) is 17.2 Å². The number of halogens is 2. The minimum absolute atomic E-state index is 0.0562. The second kappa shape index (κ2) is 5.23. The number of hydrogen-bond acceptors (Lipinski definition) is 4. The van der Waals surface area contributed by atoms with Crippen LogP contribution in [0.3, 0.4) is 0 Å². The lowest BCUT2D eigenvalue weighted by Crippen LogP contribution is -2.23. The van der Waals surface area contributed by atoms with Crippen molar-refractivity contribution in [3.8, 4) is 0 Å². The first kappa shape index (κ1) is 11.4. The molecule has 1 atom stereocenters. The fourth-order valence-electron chi connectivity index (χ4n) is 0.824. The van der Waals surface area contributed by atoms with Crippen molar-refractivity contribution >= 4 is 21.7 Å². The lowest BCUT2D eigenvalue weighted by atomic mass is 10.3. The maximum atomic E-state index is 13.1. The van der Waals surface area contributed by atoms with Crippen LogP contribution in [0, 0.1) is 5.82 Å². The summed E-state index contributed by atoms with van der Waals surface area (Å²) in [7, 11) is 0. The minimum Gasteiger partial charge on any atom is -0.394 e. The van der Waals surface area contributed by atoms with Gasteiger partial charge in [0.25, 0.3) is 0 Å². The van der Waals surface area contributed by atoms with Crippen LogP contribution in [0.25, 0.3) is 0 Å². The Morgan fingerprint density at radius 2 is 2.36 bits per heavy atom. The van der Waals surface area contributed by atoms with Gasteiger partial charge in [0.15, 0.2) is 11.6 Å². The van der Waals surface area contributed by atoms with Crippen molar-refractivity contribution in [3.05, 3.63) is 22.6 Å². The zero-order chi connectivity index (χ0) is 10.6. The molecule has 0 saturated carbocycles. The highest BCUT2D eigenvalue weighted by molar-refractivity contribution is 9.10. The first-order valence-corrected chi connectivity index (χ1v) is 4.76. The number of pyridine rings is 1. The molecule has 0 aliphatic heterocycles. The predicted octanol–water partition coefficient (Wildman–Crippen LogP) is 0.748. The van der Waals surface area contributed by atoms with Gasteiger partial charge in [-0.1, -0.05) is 0 Å². The van der Waals surface area contributed by atoms with Crippen molar-refractivity contribution in [2.24, 2.45) is 0 Å². The fraction of sp³-hybridized carbons (Fsp3) is 0.375. The molecule has 0 aliphatic rings. The predicted molar refractivity (Wildman–Crippen MR) is 53.5 cm³/mol. The zero-order valence-electron chi connectivity index (χ0n) is 7.24. The van der Waals surface area contributed by atoms with Gasteiger partial charge in [-0.15, -0.1) is 0 Å². The lowest BCUT2D eigenvalue weighted by Gasteiger charge is -2.09. The van der Waals surface area contributed by atoms with Gasteiger partial charge >= 0.3 is 0 Å². The highest BCUT2D eigenvalue weighted by Gasteiger charge is 2.06. The van der Waals surface area contributed by atoms with Crippen molar-refractivity contribution in [1.82, 2.24) is 4.98 Å². The number of nitrogens with one attached hydrogen (secondary N) is 1. The Balaban J connectivity index is 2.59. The Morgan fingerprint density at radius 1 is 1.64 bits per heavy atom. The average molecular weight is 265 g/mol. The van der Waals surface area contributed by atoms with Crippen LogP contribution in [0.5, 0.6) is 0 Å². The van der Waals surface area contributed by atoms with E-state index in [0.717, 1.165) is 0 Å². The molecule has 4 nitrogen and oxygen atoms in total. The highest BCUT2D eigenvalue weighted by Crippen LogP contribution is 2.15. The van der Waals surface area contributed by atoms with Gasteiger partial charge < -0.3 is 15.5 Å². The van der Waals surface area contributed by atoms with Crippen LogP contribution >= 0.6 is 15.9 Å². The molecule has 1 aromatic rings. The number of aromatic nitrogens is 1. The fourth-order valence-corrected chi connectivity index (χ4v) is 1.13. The van der Waals surface area contributed by atoms with E-state index < -0.39 is 11.9 Å². The van der Waals surface area contributed by atoms with Gasteiger partial charge in [0.05, 0.1) is 12.7 Å². The normalized spacial score (nSPS) is 12.6. The zero-order valence-corrected chi connectivity index (χ0v) is 8.83. The van der Waals surface area contributed by atoms with Crippen LogP contribution in [-0.2, 0) is 0 Å². The standard InChI is InChI=1S/C8H10BrFN2O2/c9-5-1-7(10)8(11-2-5)12-3-6(14)4-13/h1-2,6,13-14H,3-4H2,(H,11,12). The first-order valence-electron chi connectivity index (χ1n) is 3.97. The first-order chi connectivity index (χ1) is 6.63. The maximum absolute atomic E-state index is 13.1. The van der Waals surface area contributed by atoms with E-state index in [-0.39, 0.29) is 19.0 Å². The van der Waals surface area contributed by atoms with Crippen LogP contribution < -0.4 is 5.32 Å². The van der Waals surface area contributed by atoms with Gasteiger partial charge in [-0.3, -0.25) is 0 Å². The van der Waals surface area contributed by atoms with Gasteiger partial charge in [0.1, 0.15) is 0 Å². The summed E-state index contributed by atoms with van der Waals surface area (Å²) in [6.45, 7) is -0.312. The van der Waals surface area contributed by atoms with E-state index in [2.05, 4.69) is 26.2 Å². The van der Waals surface area contributed by atoms with Gasteiger partial charge in [0.2, 0.25) is 0 Å². The Hall–Kier alpha value is -0.720. The lowest BCUT2D eigenvalue weighted by molar-refractivity contribution is 0.105. The van der Waals surface area contributed by atoms with E-state index in [1.54, 1.807) is 0 Å². The average Bonchev–Trinajstić information content (AvgIpc) is 2.16. The summed E-state index contributed by atoms with van der Waals surface area (Å²) in [5, 5.41) is 20.1. The topological polar surface area (TPSA) is 65.4 Å². The second-order valence-corrected chi connectivity index (χ2v) is 3.62. The molecule has 0 amide bonds. The number of hydrogen-bond donors (Lipinski definition) is 3. The van der Waals surface area contributed by atoms with Gasteiger partial charge in [-0.2, -0.15) is 0 Å². The molecule has 0 aromatic carbocycles. The van der Waals surface area contributed by atoms with E-state index in [4.69, 9.17) is 10.2 Å². The molecule has 0 radical (unpaired) electrons. The van der Waals surface area contributed by atoms with Gasteiger partial charge in [-0.05, 0) is 22.0 Å². The molecule has 0 bridgehead atoms. The number of aliphatic hydroxyl groups excluding tert-OH is 2. The third-order valence-electron chi connectivity index (χ3n) is 1.52. The molecule has 14 heavy (non-hydrogen) atoms. The largest absolute Gasteiger partial charge is 0.394 e. The molecule has 0 aliphatic carbocycles. The van der Waals surface area contributed by atoms with E-state index in [1.807, 2.05) is 0 Å². The third kappa shape index (κ3) is 3.21. The number of rotatable bonds is 4. The molecule has 6 heteroatoms. The highest BCUT2D eigenvalue weighted by atomic mass is 79.9. The molecule has 0 saturated heterocycles. The summed E-state index contributed by atoms with van der Waals surface area (Å²) in [5.41, 5.74) is 0. The smallest absolute Gasteiger partial charge is 0.166 e. The quantitative estimate of drug-likeness (QED) is 0.751. The Labute approximate surface area is 88.9 Å². The van der Waals surface area contributed by atoms with Crippen LogP contribution in [-0.4, -0.2) is 34.5 Å². The van der Waals surface area contributed by atoms with Crippen molar-refractivity contribution in [2.75, 3.05) is 18.5 Å². The molecule has 3 N–H and O–H groups in total. The van der Waals surface area contributed by atoms with Crippen molar-refractivity contribution in [1.29, 1.82) is 0 Å². The van der Waals surface area contributed by atoms with Crippen LogP contribution in [0.1, 0.15) is 0 Å². The van der Waals surface area contributed by atoms with E-state index in [0.29, 0.717) is 4.47 Å². The molecule has 1 rings (SSSR count). The summed E-state index contributed by atoms with van der Waals surface area (Å²) in [4.78, 5) is 3.76. The van der Waals surface area contributed by atoms with E-state index in [9.17, 15) is 4.39 Å². The SMILES string of the molecule is OCC(O)CNc1ncc(Br)cc1F. The van der Waals surface area contributed by atoms with Gasteiger partial charge in [-0.25, -0.2) is 9.37 Å². The third-order valence-corrected chi connectivity index (χ3v) is 1.96. The summed E-state index contributed by atoms with van der Waals surface area (Å²) in [5.74, 6) is -0.454. The summed E-state index contributed by atoms with van der Waals surface area (Å²) >= 11 is 3.07. The number of anilines is 1. The molecule has 0 spiro atoms. The summed E-state index contributed by atoms with van der Waals surface area (Å²) in [6, 6.07) is 1.26. The van der Waals surface area contributed by atoms with Crippen LogP contribution in [0.15, 0.2) is 16.7 Å². The van der Waals surface area contributed by atoms with Crippen molar-refractivity contribution < 1.29 is 14.6 Å². The molecular formula is C8H10BrFN2O2. The number of aliphatic hydroxyl groups is 2. The summed E-state index contributed by atoms with van der Waals surface area (Å²) < 4.78 is 13.7. The second-order valence-electron chi connectivity index (χ2n) is 2.70. The summed E-state index contributed by atoms with van der Waals surface area (Å²) in [6.07, 6.45) is 0.524. The molecular weight excluding hydrogens is 255 g/mol.